The van der Waals surface area contributed by atoms with E-state index in [0.29, 0.717) is 10.3 Å². The van der Waals surface area contributed by atoms with Crippen molar-refractivity contribution in [3.8, 4) is 11.3 Å². The second-order valence-electron chi connectivity index (χ2n) is 3.10. The van der Waals surface area contributed by atoms with Gasteiger partial charge in [0.1, 0.15) is 4.60 Å². The molecular weight excluding hydrogens is 283 g/mol. The first-order valence-corrected chi connectivity index (χ1v) is 5.14. The summed E-state index contributed by atoms with van der Waals surface area (Å²) in [5, 5.41) is 0. The van der Waals surface area contributed by atoms with Crippen molar-refractivity contribution in [3.05, 3.63) is 52.4 Å². The third-order valence-corrected chi connectivity index (χ3v) is 2.44. The van der Waals surface area contributed by atoms with Crippen LogP contribution in [0.3, 0.4) is 0 Å². The molecule has 0 aliphatic heterocycles. The molecular formula is C11H5BrF3N. The van der Waals surface area contributed by atoms with Crippen molar-refractivity contribution in [2.45, 2.75) is 0 Å². The zero-order valence-electron chi connectivity index (χ0n) is 7.85. The van der Waals surface area contributed by atoms with Gasteiger partial charge in [-0.25, -0.2) is 18.2 Å². The van der Waals surface area contributed by atoms with Gasteiger partial charge in [-0.2, -0.15) is 0 Å². The van der Waals surface area contributed by atoms with Crippen LogP contribution in [0.25, 0.3) is 11.3 Å². The first-order chi connectivity index (χ1) is 7.58. The molecule has 0 aliphatic rings. The summed E-state index contributed by atoms with van der Waals surface area (Å²) in [6, 6.07) is 6.75. The molecule has 0 N–H and O–H groups in total. The van der Waals surface area contributed by atoms with Gasteiger partial charge < -0.3 is 0 Å². The summed E-state index contributed by atoms with van der Waals surface area (Å²) in [5.41, 5.74) is 0.560. The van der Waals surface area contributed by atoms with Crippen LogP contribution in [0, 0.1) is 17.5 Å². The lowest BCUT2D eigenvalue weighted by molar-refractivity contribution is 0.447. The summed E-state index contributed by atoms with van der Waals surface area (Å²) in [7, 11) is 0. The molecule has 1 heterocycles. The molecule has 2 aromatic rings. The summed E-state index contributed by atoms with van der Waals surface area (Å²) in [4.78, 5) is 4.02. The summed E-state index contributed by atoms with van der Waals surface area (Å²) in [6.45, 7) is 0. The van der Waals surface area contributed by atoms with E-state index in [0.717, 1.165) is 12.1 Å². The fourth-order valence-electron chi connectivity index (χ4n) is 1.27. The maximum absolute atomic E-state index is 13.0. The Morgan fingerprint density at radius 1 is 1.00 bits per heavy atom. The van der Waals surface area contributed by atoms with E-state index in [9.17, 15) is 13.2 Å². The van der Waals surface area contributed by atoms with E-state index in [1.165, 1.54) is 0 Å². The van der Waals surface area contributed by atoms with Crippen LogP contribution in [0.2, 0.25) is 0 Å². The molecule has 1 aromatic carbocycles. The van der Waals surface area contributed by atoms with Crippen LogP contribution in [-0.2, 0) is 0 Å². The molecule has 2 rings (SSSR count). The SMILES string of the molecule is Fc1cc(-c2cccc(Br)n2)cc(F)c1F. The first kappa shape index (κ1) is 11.1. The molecule has 5 heteroatoms. The smallest absolute Gasteiger partial charge is 0.194 e. The van der Waals surface area contributed by atoms with Gasteiger partial charge in [0.05, 0.1) is 5.69 Å². The Hall–Kier alpha value is -1.36. The van der Waals surface area contributed by atoms with Crippen LogP contribution in [0.5, 0.6) is 0 Å². The molecule has 0 unspecified atom stereocenters. The van der Waals surface area contributed by atoms with Crippen LogP contribution in [-0.4, -0.2) is 4.98 Å². The molecule has 1 nitrogen and oxygen atoms in total. The summed E-state index contributed by atoms with van der Waals surface area (Å²) in [6.07, 6.45) is 0. The summed E-state index contributed by atoms with van der Waals surface area (Å²) >= 11 is 3.14. The van der Waals surface area contributed by atoms with Crippen molar-refractivity contribution in [2.24, 2.45) is 0 Å². The molecule has 0 spiro atoms. The molecule has 0 saturated carbocycles. The van der Waals surface area contributed by atoms with Gasteiger partial charge in [-0.15, -0.1) is 0 Å². The van der Waals surface area contributed by atoms with Gasteiger partial charge in [0.2, 0.25) is 0 Å². The highest BCUT2D eigenvalue weighted by molar-refractivity contribution is 9.10. The predicted molar refractivity (Wildman–Crippen MR) is 57.2 cm³/mol. The monoisotopic (exact) mass is 287 g/mol. The van der Waals surface area contributed by atoms with Crippen molar-refractivity contribution in [1.29, 1.82) is 0 Å². The number of hydrogen-bond acceptors (Lipinski definition) is 1. The molecule has 0 saturated heterocycles. The van der Waals surface area contributed by atoms with Crippen molar-refractivity contribution in [3.63, 3.8) is 0 Å². The lowest BCUT2D eigenvalue weighted by atomic mass is 10.1. The molecule has 1 aromatic heterocycles. The summed E-state index contributed by atoms with van der Waals surface area (Å²) in [5.74, 6) is -3.92. The van der Waals surface area contributed by atoms with E-state index in [1.54, 1.807) is 18.2 Å². The summed E-state index contributed by atoms with van der Waals surface area (Å²) < 4.78 is 39.2. The largest absolute Gasteiger partial charge is 0.241 e. The highest BCUT2D eigenvalue weighted by Crippen LogP contribution is 2.23. The van der Waals surface area contributed by atoms with Crippen molar-refractivity contribution in [1.82, 2.24) is 4.98 Å². The number of rotatable bonds is 1. The van der Waals surface area contributed by atoms with E-state index in [4.69, 9.17) is 0 Å². The van der Waals surface area contributed by atoms with Gasteiger partial charge in [-0.3, -0.25) is 0 Å². The number of hydrogen-bond donors (Lipinski definition) is 0. The maximum atomic E-state index is 13.0. The van der Waals surface area contributed by atoms with Gasteiger partial charge in [0.25, 0.3) is 0 Å². The van der Waals surface area contributed by atoms with Gasteiger partial charge in [0.15, 0.2) is 17.5 Å². The van der Waals surface area contributed by atoms with Crippen molar-refractivity contribution >= 4 is 15.9 Å². The normalized spacial score (nSPS) is 10.5. The highest BCUT2D eigenvalue weighted by atomic mass is 79.9. The fourth-order valence-corrected chi connectivity index (χ4v) is 1.62. The maximum Gasteiger partial charge on any atom is 0.194 e. The van der Waals surface area contributed by atoms with E-state index >= 15 is 0 Å². The Kier molecular flexibility index (Phi) is 2.96. The Morgan fingerprint density at radius 3 is 2.19 bits per heavy atom. The number of halogens is 4. The van der Waals surface area contributed by atoms with E-state index in [2.05, 4.69) is 20.9 Å². The van der Waals surface area contributed by atoms with E-state index < -0.39 is 17.5 Å². The van der Waals surface area contributed by atoms with E-state index in [-0.39, 0.29) is 5.56 Å². The predicted octanol–water partition coefficient (Wildman–Crippen LogP) is 3.93. The Morgan fingerprint density at radius 2 is 1.62 bits per heavy atom. The zero-order chi connectivity index (χ0) is 11.7. The van der Waals surface area contributed by atoms with Crippen LogP contribution in [0.15, 0.2) is 34.9 Å². The van der Waals surface area contributed by atoms with Crippen molar-refractivity contribution in [2.75, 3.05) is 0 Å². The average Bonchev–Trinajstić information content (AvgIpc) is 2.25. The third-order valence-electron chi connectivity index (χ3n) is 1.99. The van der Waals surface area contributed by atoms with Gasteiger partial charge in [0, 0.05) is 5.56 Å². The molecule has 0 amide bonds. The standard InChI is InChI=1S/C11H5BrF3N/c12-10-3-1-2-9(16-10)6-4-7(13)11(15)8(14)5-6/h1-5H. The quantitative estimate of drug-likeness (QED) is 0.572. The minimum absolute atomic E-state index is 0.192. The number of pyridine rings is 1. The topological polar surface area (TPSA) is 12.9 Å². The zero-order valence-corrected chi connectivity index (χ0v) is 9.43. The molecule has 0 atom stereocenters. The van der Waals surface area contributed by atoms with Crippen LogP contribution < -0.4 is 0 Å². The Labute approximate surface area is 98.1 Å². The minimum atomic E-state index is -1.47. The van der Waals surface area contributed by atoms with Crippen molar-refractivity contribution < 1.29 is 13.2 Å². The first-order valence-electron chi connectivity index (χ1n) is 4.35. The molecule has 0 radical (unpaired) electrons. The molecule has 16 heavy (non-hydrogen) atoms. The van der Waals surface area contributed by atoms with Gasteiger partial charge >= 0.3 is 0 Å². The second-order valence-corrected chi connectivity index (χ2v) is 3.91. The van der Waals surface area contributed by atoms with Crippen LogP contribution in [0.4, 0.5) is 13.2 Å². The van der Waals surface area contributed by atoms with E-state index in [1.807, 2.05) is 0 Å². The fraction of sp³-hybridized carbons (Fsp3) is 0. The highest BCUT2D eigenvalue weighted by Gasteiger charge is 2.12. The van der Waals surface area contributed by atoms with Crippen LogP contribution >= 0.6 is 15.9 Å². The average molecular weight is 288 g/mol. The number of nitrogens with zero attached hydrogens (tertiary/aromatic N) is 1. The molecule has 82 valence electrons. The second kappa shape index (κ2) is 4.25. The third kappa shape index (κ3) is 2.09. The lowest BCUT2D eigenvalue weighted by Crippen LogP contribution is -1.93. The molecule has 0 bridgehead atoms. The lowest BCUT2D eigenvalue weighted by Gasteiger charge is -2.03. The number of aromatic nitrogens is 1. The Balaban J connectivity index is 2.57. The molecule has 0 aliphatic carbocycles. The minimum Gasteiger partial charge on any atom is -0.241 e. The van der Waals surface area contributed by atoms with Crippen LogP contribution in [0.1, 0.15) is 0 Å². The number of benzene rings is 1. The molecule has 0 fully saturated rings. The van der Waals surface area contributed by atoms with Gasteiger partial charge in [-0.05, 0) is 40.2 Å². The Bertz CT molecular complexity index is 519. The van der Waals surface area contributed by atoms with Gasteiger partial charge in [-0.1, -0.05) is 6.07 Å².